The monoisotopic (exact) mass is 396 g/mol. The van der Waals surface area contributed by atoms with Gasteiger partial charge in [0, 0.05) is 0 Å². The van der Waals surface area contributed by atoms with E-state index in [2.05, 4.69) is 10.1 Å². The lowest BCUT2D eigenvalue weighted by molar-refractivity contribution is -0.133. The molecule has 28 heavy (non-hydrogen) atoms. The maximum absolute atomic E-state index is 13.3. The van der Waals surface area contributed by atoms with Gasteiger partial charge in [-0.15, -0.1) is 0 Å². The van der Waals surface area contributed by atoms with Crippen molar-refractivity contribution in [3.8, 4) is 11.4 Å². The van der Waals surface area contributed by atoms with Crippen molar-refractivity contribution in [1.82, 2.24) is 19.3 Å². The molecule has 0 aliphatic rings. The van der Waals surface area contributed by atoms with Crippen LogP contribution in [-0.4, -0.2) is 36.2 Å². The van der Waals surface area contributed by atoms with Crippen molar-refractivity contribution in [2.75, 3.05) is 5.75 Å². The summed E-state index contributed by atoms with van der Waals surface area (Å²) in [6.45, 7) is 0. The van der Waals surface area contributed by atoms with E-state index >= 15 is 0 Å². The van der Waals surface area contributed by atoms with Crippen molar-refractivity contribution >= 4 is 28.8 Å². The molecule has 9 heteroatoms. The van der Waals surface area contributed by atoms with Crippen LogP contribution in [0.15, 0.2) is 70.7 Å². The minimum atomic E-state index is -1.04. The number of carboxylic acids is 1. The van der Waals surface area contributed by atoms with Gasteiger partial charge in [0.05, 0.1) is 23.3 Å². The number of hydrogen-bond donors (Lipinski definition) is 1. The molecule has 0 amide bonds. The van der Waals surface area contributed by atoms with E-state index in [1.165, 1.54) is 39.7 Å². The maximum atomic E-state index is 13.3. The van der Waals surface area contributed by atoms with Gasteiger partial charge in [-0.05, 0) is 36.4 Å². The molecule has 0 bridgehead atoms. The second-order valence-corrected chi connectivity index (χ2v) is 6.77. The van der Waals surface area contributed by atoms with Gasteiger partial charge in [0.15, 0.2) is 10.8 Å². The fourth-order valence-corrected chi connectivity index (χ4v) is 3.47. The van der Waals surface area contributed by atoms with Gasteiger partial charge in [-0.25, -0.2) is 14.1 Å². The quantitative estimate of drug-likeness (QED) is 0.412. The minimum Gasteiger partial charge on any atom is -0.481 e. The molecule has 4 rings (SSSR count). The number of carbonyl (C=O) groups is 1. The molecule has 0 unspecified atom stereocenters. The molecule has 0 saturated carbocycles. The van der Waals surface area contributed by atoms with Crippen LogP contribution >= 0.6 is 11.8 Å². The highest BCUT2D eigenvalue weighted by Crippen LogP contribution is 2.22. The number of aliphatic carboxylic acids is 1. The summed E-state index contributed by atoms with van der Waals surface area (Å²) in [5.41, 5.74) is 1.02. The van der Waals surface area contributed by atoms with Gasteiger partial charge in [0.2, 0.25) is 0 Å². The van der Waals surface area contributed by atoms with Gasteiger partial charge in [-0.3, -0.25) is 14.2 Å². The first-order valence-electron chi connectivity index (χ1n) is 8.21. The number of thioether (sulfide) groups is 1. The van der Waals surface area contributed by atoms with E-state index in [0.717, 1.165) is 17.4 Å². The second-order valence-electron chi connectivity index (χ2n) is 5.82. The number of rotatable bonds is 5. The molecule has 0 aliphatic heterocycles. The minimum absolute atomic E-state index is 0.184. The molecule has 140 valence electrons. The van der Waals surface area contributed by atoms with Crippen LogP contribution in [0.4, 0.5) is 4.39 Å². The number of nitrogens with zero attached hydrogens (tertiary/aromatic N) is 4. The summed E-state index contributed by atoms with van der Waals surface area (Å²) in [4.78, 5) is 28.7. The number of hydrogen-bond acceptors (Lipinski definition) is 5. The number of benzene rings is 2. The molecule has 0 spiro atoms. The largest absolute Gasteiger partial charge is 0.481 e. The third-order valence-corrected chi connectivity index (χ3v) is 4.90. The molecular weight excluding hydrogens is 383 g/mol. The van der Waals surface area contributed by atoms with E-state index in [1.54, 1.807) is 0 Å². The fourth-order valence-electron chi connectivity index (χ4n) is 2.75. The third-order valence-electron chi connectivity index (χ3n) is 3.98. The van der Waals surface area contributed by atoms with Crippen LogP contribution in [0.1, 0.15) is 0 Å². The SMILES string of the molecule is O=C(O)CSc1nc2c(cnn2-c2ccccc2)c(=O)n1-c1ccc(F)cc1. The van der Waals surface area contributed by atoms with Crippen LogP contribution in [0, 0.1) is 5.82 Å². The van der Waals surface area contributed by atoms with Crippen LogP contribution in [0.5, 0.6) is 0 Å². The molecule has 7 nitrogen and oxygen atoms in total. The number of aromatic nitrogens is 4. The molecular formula is C19H13FN4O3S. The predicted octanol–water partition coefficient (Wildman–Crippen LogP) is 2.89. The Kier molecular flexibility index (Phi) is 4.66. The van der Waals surface area contributed by atoms with E-state index in [4.69, 9.17) is 5.11 Å². The first-order chi connectivity index (χ1) is 13.5. The average Bonchev–Trinajstić information content (AvgIpc) is 3.12. The Balaban J connectivity index is 1.96. The summed E-state index contributed by atoms with van der Waals surface area (Å²) in [6.07, 6.45) is 1.42. The Bertz CT molecular complexity index is 1220. The summed E-state index contributed by atoms with van der Waals surface area (Å²) in [5, 5.41) is 13.8. The van der Waals surface area contributed by atoms with Crippen molar-refractivity contribution in [3.05, 3.63) is 77.0 Å². The zero-order valence-electron chi connectivity index (χ0n) is 14.3. The van der Waals surface area contributed by atoms with Crippen LogP contribution in [-0.2, 0) is 4.79 Å². The maximum Gasteiger partial charge on any atom is 0.313 e. The van der Waals surface area contributed by atoms with Crippen LogP contribution in [0.25, 0.3) is 22.4 Å². The molecule has 1 N–H and O–H groups in total. The third kappa shape index (κ3) is 3.27. The van der Waals surface area contributed by atoms with E-state index in [-0.39, 0.29) is 16.3 Å². The normalized spacial score (nSPS) is 11.0. The molecule has 0 radical (unpaired) electrons. The summed E-state index contributed by atoms with van der Waals surface area (Å²) >= 11 is 0.908. The number of para-hydroxylation sites is 1. The second kappa shape index (κ2) is 7.28. The molecule has 0 saturated heterocycles. The van der Waals surface area contributed by atoms with E-state index in [0.29, 0.717) is 11.3 Å². The van der Waals surface area contributed by atoms with E-state index in [1.807, 2.05) is 30.3 Å². The van der Waals surface area contributed by atoms with Crippen LogP contribution in [0.2, 0.25) is 0 Å². The Morgan fingerprint density at radius 3 is 2.46 bits per heavy atom. The Morgan fingerprint density at radius 2 is 1.79 bits per heavy atom. The average molecular weight is 396 g/mol. The first kappa shape index (κ1) is 17.9. The lowest BCUT2D eigenvalue weighted by atomic mass is 10.3. The van der Waals surface area contributed by atoms with Crippen LogP contribution in [0.3, 0.4) is 0 Å². The smallest absolute Gasteiger partial charge is 0.313 e. The zero-order valence-corrected chi connectivity index (χ0v) is 15.1. The summed E-state index contributed by atoms with van der Waals surface area (Å²) < 4.78 is 16.1. The van der Waals surface area contributed by atoms with Gasteiger partial charge in [0.1, 0.15) is 11.2 Å². The van der Waals surface area contributed by atoms with Gasteiger partial charge in [-0.1, -0.05) is 30.0 Å². The van der Waals surface area contributed by atoms with Crippen molar-refractivity contribution in [2.24, 2.45) is 0 Å². The highest BCUT2D eigenvalue weighted by molar-refractivity contribution is 7.99. The van der Waals surface area contributed by atoms with Crippen molar-refractivity contribution in [2.45, 2.75) is 5.16 Å². The molecule has 4 aromatic rings. The zero-order chi connectivity index (χ0) is 19.7. The molecule has 2 heterocycles. The van der Waals surface area contributed by atoms with Gasteiger partial charge in [-0.2, -0.15) is 5.10 Å². The Morgan fingerprint density at radius 1 is 1.07 bits per heavy atom. The molecule has 0 fully saturated rings. The molecule has 0 aliphatic carbocycles. The number of halogens is 1. The predicted molar refractivity (Wildman–Crippen MR) is 103 cm³/mol. The highest BCUT2D eigenvalue weighted by Gasteiger charge is 2.18. The van der Waals surface area contributed by atoms with Crippen molar-refractivity contribution in [1.29, 1.82) is 0 Å². The van der Waals surface area contributed by atoms with Crippen molar-refractivity contribution in [3.63, 3.8) is 0 Å². The standard InChI is InChI=1S/C19H13FN4O3S/c20-12-6-8-13(9-7-12)23-18(27)15-10-21-24(14-4-2-1-3-5-14)17(15)22-19(23)28-11-16(25)26/h1-10H,11H2,(H,25,26). The van der Waals surface area contributed by atoms with Gasteiger partial charge >= 0.3 is 5.97 Å². The van der Waals surface area contributed by atoms with Gasteiger partial charge in [0.25, 0.3) is 5.56 Å². The summed E-state index contributed by atoms with van der Waals surface area (Å²) in [6, 6.07) is 14.5. The number of carboxylic acid groups (broad SMARTS) is 1. The lowest BCUT2D eigenvalue weighted by Crippen LogP contribution is -2.22. The summed E-state index contributed by atoms with van der Waals surface area (Å²) in [5.74, 6) is -1.76. The molecule has 2 aromatic carbocycles. The number of fused-ring (bicyclic) bond motifs is 1. The summed E-state index contributed by atoms with van der Waals surface area (Å²) in [7, 11) is 0. The van der Waals surface area contributed by atoms with Gasteiger partial charge < -0.3 is 5.11 Å². The Hall–Kier alpha value is -3.46. The molecule has 0 atom stereocenters. The van der Waals surface area contributed by atoms with Crippen molar-refractivity contribution < 1.29 is 14.3 Å². The first-order valence-corrected chi connectivity index (χ1v) is 9.20. The fraction of sp³-hybridized carbons (Fsp3) is 0.0526. The molecule has 2 aromatic heterocycles. The van der Waals surface area contributed by atoms with Crippen LogP contribution < -0.4 is 5.56 Å². The lowest BCUT2D eigenvalue weighted by Gasteiger charge is -2.12. The topological polar surface area (TPSA) is 90.0 Å². The van der Waals surface area contributed by atoms with E-state index < -0.39 is 17.3 Å². The Labute approximate surface area is 162 Å². The highest BCUT2D eigenvalue weighted by atomic mass is 32.2. The van der Waals surface area contributed by atoms with E-state index in [9.17, 15) is 14.0 Å².